The average Bonchev–Trinajstić information content (AvgIpc) is 2.39. The zero-order chi connectivity index (χ0) is 14.7. The number of aliphatic hydroxyl groups excluding tert-OH is 1. The summed E-state index contributed by atoms with van der Waals surface area (Å²) in [5.74, 6) is 0. The lowest BCUT2D eigenvalue weighted by Gasteiger charge is -2.16. The van der Waals surface area contributed by atoms with Gasteiger partial charge in [-0.05, 0) is 46.2 Å². The number of unbranched alkanes of at least 4 members (excludes halogenated alkanes) is 1. The van der Waals surface area contributed by atoms with E-state index in [1.54, 1.807) is 0 Å². The van der Waals surface area contributed by atoms with Crippen molar-refractivity contribution >= 4 is 49.2 Å². The summed E-state index contributed by atoms with van der Waals surface area (Å²) in [5.41, 5.74) is 0. The van der Waals surface area contributed by atoms with Crippen LogP contribution in [0.1, 0.15) is 39.0 Å². The zero-order valence-electron chi connectivity index (χ0n) is 11.6. The highest BCUT2D eigenvalue weighted by Gasteiger charge is 2.13. The molecule has 0 amide bonds. The molecular formula is C12H25I2N3O2. The monoisotopic (exact) mass is 497 g/mol. The molecule has 7 heteroatoms. The van der Waals surface area contributed by atoms with E-state index in [1.165, 1.54) is 0 Å². The van der Waals surface area contributed by atoms with E-state index in [4.69, 9.17) is 0 Å². The van der Waals surface area contributed by atoms with Crippen LogP contribution in [-0.4, -0.2) is 40.8 Å². The van der Waals surface area contributed by atoms with Crippen molar-refractivity contribution in [1.29, 1.82) is 0 Å². The molecule has 0 aromatic rings. The molecule has 0 heterocycles. The Labute approximate surface area is 143 Å². The molecule has 0 aliphatic rings. The summed E-state index contributed by atoms with van der Waals surface area (Å²) in [6.45, 7) is 2.89. The standard InChI is InChI=1S/C12H25I2N3O2/c1-9(15-2)6-7-11(18)16-8-4-3-5-10(17-14)12(13)19/h9-11,15-18H,3-8H2,1-2H3. The lowest BCUT2D eigenvalue weighted by Crippen LogP contribution is -2.32. The van der Waals surface area contributed by atoms with Gasteiger partial charge in [0.25, 0.3) is 0 Å². The molecule has 0 radical (unpaired) electrons. The quantitative estimate of drug-likeness (QED) is 0.109. The Bertz CT molecular complexity index is 245. The van der Waals surface area contributed by atoms with Gasteiger partial charge < -0.3 is 10.4 Å². The van der Waals surface area contributed by atoms with Gasteiger partial charge in [0, 0.05) is 51.5 Å². The van der Waals surface area contributed by atoms with Crippen LogP contribution in [0.5, 0.6) is 0 Å². The number of aliphatic hydroxyl groups is 1. The number of nitrogens with one attached hydrogen (secondary N) is 3. The summed E-state index contributed by atoms with van der Waals surface area (Å²) in [5, 5.41) is 16.0. The number of hydrogen-bond donors (Lipinski definition) is 4. The Morgan fingerprint density at radius 1 is 1.26 bits per heavy atom. The van der Waals surface area contributed by atoms with Gasteiger partial charge in [0.1, 0.15) is 6.23 Å². The largest absolute Gasteiger partial charge is 0.379 e. The number of rotatable bonds is 12. The third kappa shape index (κ3) is 11.3. The molecule has 3 atom stereocenters. The van der Waals surface area contributed by atoms with Crippen molar-refractivity contribution in [1.82, 2.24) is 14.2 Å². The Morgan fingerprint density at radius 3 is 2.47 bits per heavy atom. The summed E-state index contributed by atoms with van der Waals surface area (Å²) < 4.78 is 3.13. The highest BCUT2D eigenvalue weighted by Crippen LogP contribution is 2.07. The molecule has 114 valence electrons. The van der Waals surface area contributed by atoms with Crippen LogP contribution in [0, 0.1) is 0 Å². The summed E-state index contributed by atoms with van der Waals surface area (Å²) in [6, 6.07) is 0.379. The topological polar surface area (TPSA) is 73.4 Å². The van der Waals surface area contributed by atoms with Crippen molar-refractivity contribution in [2.24, 2.45) is 0 Å². The van der Waals surface area contributed by atoms with Crippen LogP contribution in [0.4, 0.5) is 0 Å². The van der Waals surface area contributed by atoms with Gasteiger partial charge in [-0.15, -0.1) is 0 Å². The van der Waals surface area contributed by atoms with E-state index >= 15 is 0 Å². The molecular weight excluding hydrogens is 472 g/mol. The predicted molar refractivity (Wildman–Crippen MR) is 95.6 cm³/mol. The molecule has 0 aromatic heterocycles. The second-order valence-corrected chi connectivity index (χ2v) is 6.38. The Balaban J connectivity index is 3.50. The maximum absolute atomic E-state index is 11.2. The van der Waals surface area contributed by atoms with E-state index in [2.05, 4.69) is 21.1 Å². The normalized spacial score (nSPS) is 16.1. The number of halogens is 2. The molecule has 4 N–H and O–H groups in total. The lowest BCUT2D eigenvalue weighted by molar-refractivity contribution is -0.110. The van der Waals surface area contributed by atoms with Crippen molar-refractivity contribution in [2.75, 3.05) is 13.6 Å². The van der Waals surface area contributed by atoms with Crippen LogP contribution in [-0.2, 0) is 4.79 Å². The maximum Gasteiger partial charge on any atom is 0.209 e. The Hall–Kier alpha value is 0.970. The van der Waals surface area contributed by atoms with E-state index in [1.807, 2.05) is 52.5 Å². The molecule has 5 nitrogen and oxygen atoms in total. The average molecular weight is 497 g/mol. The van der Waals surface area contributed by atoms with Crippen molar-refractivity contribution in [2.45, 2.75) is 57.3 Å². The second kappa shape index (κ2) is 12.7. The first-order chi connectivity index (χ1) is 9.01. The minimum Gasteiger partial charge on any atom is -0.379 e. The zero-order valence-corrected chi connectivity index (χ0v) is 15.9. The third-order valence-electron chi connectivity index (χ3n) is 3.07. The van der Waals surface area contributed by atoms with Crippen LogP contribution in [0.15, 0.2) is 0 Å². The van der Waals surface area contributed by atoms with Gasteiger partial charge in [-0.3, -0.25) is 10.1 Å². The summed E-state index contributed by atoms with van der Waals surface area (Å²) >= 11 is 3.85. The fourth-order valence-electron chi connectivity index (χ4n) is 1.61. The molecule has 0 fully saturated rings. The van der Waals surface area contributed by atoms with Gasteiger partial charge in [-0.2, -0.15) is 0 Å². The molecule has 0 saturated heterocycles. The summed E-state index contributed by atoms with van der Waals surface area (Å²) in [4.78, 5) is 11.2. The van der Waals surface area contributed by atoms with Crippen molar-refractivity contribution in [3.8, 4) is 0 Å². The molecule has 0 aromatic carbocycles. The molecule has 0 rings (SSSR count). The molecule has 0 aliphatic carbocycles. The van der Waals surface area contributed by atoms with Crippen molar-refractivity contribution in [3.63, 3.8) is 0 Å². The minimum atomic E-state index is -0.430. The van der Waals surface area contributed by atoms with Crippen LogP contribution < -0.4 is 14.2 Å². The molecule has 0 spiro atoms. The van der Waals surface area contributed by atoms with E-state index in [-0.39, 0.29) is 9.83 Å². The third-order valence-corrected chi connectivity index (χ3v) is 4.57. The molecule has 19 heavy (non-hydrogen) atoms. The number of carbonyl (C=O) groups is 1. The molecule has 3 unspecified atom stereocenters. The van der Waals surface area contributed by atoms with Crippen molar-refractivity contribution < 1.29 is 9.90 Å². The Kier molecular flexibility index (Phi) is 13.3. The molecule has 0 saturated carbocycles. The van der Waals surface area contributed by atoms with Crippen LogP contribution in [0.2, 0.25) is 0 Å². The van der Waals surface area contributed by atoms with Crippen molar-refractivity contribution in [3.05, 3.63) is 0 Å². The first-order valence-electron chi connectivity index (χ1n) is 6.65. The number of carbonyl (C=O) groups excluding carboxylic acids is 1. The Morgan fingerprint density at radius 2 is 1.95 bits per heavy atom. The van der Waals surface area contributed by atoms with Crippen LogP contribution >= 0.6 is 45.5 Å². The lowest BCUT2D eigenvalue weighted by atomic mass is 10.1. The highest BCUT2D eigenvalue weighted by molar-refractivity contribution is 14.1. The summed E-state index contributed by atoms with van der Waals surface area (Å²) in [6.07, 6.45) is 4.07. The predicted octanol–water partition coefficient (Wildman–Crippen LogP) is 1.72. The van der Waals surface area contributed by atoms with E-state index in [0.29, 0.717) is 6.04 Å². The van der Waals surface area contributed by atoms with E-state index in [0.717, 1.165) is 38.6 Å². The smallest absolute Gasteiger partial charge is 0.209 e. The van der Waals surface area contributed by atoms with Crippen LogP contribution in [0.25, 0.3) is 0 Å². The second-order valence-electron chi connectivity index (χ2n) is 4.70. The van der Waals surface area contributed by atoms with Gasteiger partial charge in [-0.1, -0.05) is 6.42 Å². The van der Waals surface area contributed by atoms with Gasteiger partial charge >= 0.3 is 0 Å². The minimum absolute atomic E-state index is 0.0531. The highest BCUT2D eigenvalue weighted by atomic mass is 127. The first-order valence-corrected chi connectivity index (χ1v) is 8.81. The number of hydrogen-bond acceptors (Lipinski definition) is 5. The van der Waals surface area contributed by atoms with Gasteiger partial charge in [0.05, 0.1) is 6.04 Å². The molecule has 0 bridgehead atoms. The first kappa shape index (κ1) is 20.0. The fraction of sp³-hybridized carbons (Fsp3) is 0.917. The van der Waals surface area contributed by atoms with Gasteiger partial charge in [0.15, 0.2) is 0 Å². The van der Waals surface area contributed by atoms with Gasteiger partial charge in [-0.25, -0.2) is 3.53 Å². The fourth-order valence-corrected chi connectivity index (χ4v) is 3.26. The van der Waals surface area contributed by atoms with E-state index < -0.39 is 6.23 Å². The van der Waals surface area contributed by atoms with Crippen LogP contribution in [0.3, 0.4) is 0 Å². The summed E-state index contributed by atoms with van der Waals surface area (Å²) in [7, 11) is 1.93. The molecule has 0 aliphatic heterocycles. The van der Waals surface area contributed by atoms with E-state index in [9.17, 15) is 9.90 Å². The maximum atomic E-state index is 11.2. The van der Waals surface area contributed by atoms with Gasteiger partial charge in [0.2, 0.25) is 3.79 Å². The SMILES string of the molecule is CNC(C)CCC(O)NCCCCC(NI)C(=O)I.